The van der Waals surface area contributed by atoms with Crippen LogP contribution in [-0.2, 0) is 28.5 Å². The molecule has 0 bridgehead atoms. The molecular weight excluding hydrogens is 481 g/mol. The molecule has 3 rings (SSSR count). The molecule has 2 heterocycles. The van der Waals surface area contributed by atoms with E-state index in [9.17, 15) is 33.3 Å². The molecule has 5 atom stereocenters. The average molecular weight is 506 g/mol. The Bertz CT molecular complexity index is 984. The largest absolute Gasteiger partial charge is 0.479 e. The maximum Gasteiger partial charge on any atom is 0.433 e. The van der Waals surface area contributed by atoms with Gasteiger partial charge in [0.15, 0.2) is 6.10 Å². The van der Waals surface area contributed by atoms with Gasteiger partial charge in [-0.25, -0.2) is 4.79 Å². The van der Waals surface area contributed by atoms with Gasteiger partial charge in [-0.2, -0.15) is 13.2 Å². The van der Waals surface area contributed by atoms with Crippen LogP contribution in [0.4, 0.5) is 13.2 Å². The van der Waals surface area contributed by atoms with Gasteiger partial charge in [0.05, 0.1) is 0 Å². The summed E-state index contributed by atoms with van der Waals surface area (Å²) in [5.41, 5.74) is -0.738. The van der Waals surface area contributed by atoms with Crippen molar-refractivity contribution in [1.82, 2.24) is 10.2 Å². The minimum absolute atomic E-state index is 0.145. The predicted molar refractivity (Wildman–Crippen MR) is 113 cm³/mol. The molecule has 13 heteroatoms. The first-order valence-corrected chi connectivity index (χ1v) is 11.3. The van der Waals surface area contributed by atoms with E-state index in [2.05, 4.69) is 5.10 Å². The Hall–Kier alpha value is -2.32. The quantitative estimate of drug-likeness (QED) is 0.339. The molecule has 2 aromatic rings. The second-order valence-corrected chi connectivity index (χ2v) is 9.69. The molecule has 5 N–H and O–H groups in total. The summed E-state index contributed by atoms with van der Waals surface area (Å²) in [6, 6.07) is 7.37. The molecule has 1 saturated heterocycles. The number of hydrogen-bond acceptors (Lipinski definition) is 8. The molecule has 188 valence electrons. The number of hydrogen-bond donors (Lipinski definition) is 5. The van der Waals surface area contributed by atoms with Gasteiger partial charge in [-0.05, 0) is 30.5 Å². The fraction of sp³-hybridized carbons (Fsp3) is 0.524. The van der Waals surface area contributed by atoms with E-state index >= 15 is 0 Å². The zero-order valence-electron chi connectivity index (χ0n) is 18.2. The number of aromatic amines is 1. The van der Waals surface area contributed by atoms with Gasteiger partial charge in [-0.15, -0.1) is 16.9 Å². The number of aromatic nitrogens is 2. The molecule has 34 heavy (non-hydrogen) atoms. The van der Waals surface area contributed by atoms with Gasteiger partial charge in [0.25, 0.3) is 0 Å². The van der Waals surface area contributed by atoms with E-state index in [1.54, 1.807) is 11.8 Å². The number of thioether (sulfide) groups is 1. The van der Waals surface area contributed by atoms with Crippen molar-refractivity contribution in [3.05, 3.63) is 41.1 Å². The highest BCUT2D eigenvalue weighted by Crippen LogP contribution is 2.36. The normalized spacial score (nSPS) is 25.5. The number of nitrogens with one attached hydrogen (secondary N) is 1. The monoisotopic (exact) mass is 506 g/mol. The fourth-order valence-electron chi connectivity index (χ4n) is 3.45. The lowest BCUT2D eigenvalue weighted by molar-refractivity contribution is -0.271. The Morgan fingerprint density at radius 2 is 1.79 bits per heavy atom. The summed E-state index contributed by atoms with van der Waals surface area (Å²) in [5, 5.41) is 44.7. The number of carbonyl (C=O) groups is 1. The van der Waals surface area contributed by atoms with Gasteiger partial charge in [-0.1, -0.05) is 26.0 Å². The lowest BCUT2D eigenvalue weighted by atomic mass is 9.99. The predicted octanol–water partition coefficient (Wildman–Crippen LogP) is 1.99. The SMILES string of the molecule is CC(C)Sc1ccc(CCc2c(OC3O[C@H](C(=O)O)[C@@H](O)[C@H](O)[C@H]3O)n[nH]c2C(F)(F)F)cc1. The minimum atomic E-state index is -4.78. The molecule has 1 fully saturated rings. The first kappa shape index (κ1) is 26.3. The number of carboxylic acid groups (broad SMARTS) is 1. The Morgan fingerprint density at radius 3 is 2.35 bits per heavy atom. The zero-order valence-corrected chi connectivity index (χ0v) is 19.0. The van der Waals surface area contributed by atoms with Crippen LogP contribution in [0.15, 0.2) is 29.2 Å². The minimum Gasteiger partial charge on any atom is -0.479 e. The van der Waals surface area contributed by atoms with Gasteiger partial charge in [0, 0.05) is 15.7 Å². The van der Waals surface area contributed by atoms with E-state index in [0.29, 0.717) is 5.25 Å². The first-order chi connectivity index (χ1) is 15.9. The number of aliphatic hydroxyl groups excluding tert-OH is 3. The summed E-state index contributed by atoms with van der Waals surface area (Å²) in [6.45, 7) is 4.09. The number of aliphatic hydroxyl groups is 3. The van der Waals surface area contributed by atoms with E-state index in [1.165, 1.54) is 0 Å². The molecule has 0 spiro atoms. The van der Waals surface area contributed by atoms with E-state index in [1.807, 2.05) is 43.2 Å². The topological polar surface area (TPSA) is 145 Å². The van der Waals surface area contributed by atoms with Crippen LogP contribution >= 0.6 is 11.8 Å². The van der Waals surface area contributed by atoms with Crippen LogP contribution in [0, 0.1) is 0 Å². The second-order valence-electron chi connectivity index (χ2n) is 8.04. The Kier molecular flexibility index (Phi) is 8.14. The number of rotatable bonds is 8. The van der Waals surface area contributed by atoms with E-state index < -0.39 is 54.4 Å². The first-order valence-electron chi connectivity index (χ1n) is 10.4. The van der Waals surface area contributed by atoms with E-state index in [4.69, 9.17) is 14.6 Å². The summed E-state index contributed by atoms with van der Waals surface area (Å²) in [4.78, 5) is 12.3. The number of aryl methyl sites for hydroxylation is 1. The second kappa shape index (κ2) is 10.5. The molecule has 0 amide bonds. The third-order valence-corrected chi connectivity index (χ3v) is 6.13. The van der Waals surface area contributed by atoms with Crippen LogP contribution in [0.2, 0.25) is 0 Å². The summed E-state index contributed by atoms with van der Waals surface area (Å²) < 4.78 is 50.9. The van der Waals surface area contributed by atoms with E-state index in [0.717, 1.165) is 10.5 Å². The van der Waals surface area contributed by atoms with E-state index in [-0.39, 0.29) is 18.4 Å². The van der Waals surface area contributed by atoms with Crippen molar-refractivity contribution < 1.29 is 47.9 Å². The molecule has 1 aromatic heterocycles. The highest BCUT2D eigenvalue weighted by Gasteiger charge is 2.49. The molecule has 0 saturated carbocycles. The number of carboxylic acids is 1. The van der Waals surface area contributed by atoms with Crippen LogP contribution in [0.1, 0.15) is 30.7 Å². The molecule has 1 aromatic carbocycles. The number of aliphatic carboxylic acids is 1. The maximum absolute atomic E-state index is 13.5. The Balaban J connectivity index is 1.81. The molecule has 0 aliphatic carbocycles. The number of nitrogens with zero attached hydrogens (tertiary/aromatic N) is 1. The zero-order chi connectivity index (χ0) is 25.2. The van der Waals surface area contributed by atoms with Crippen molar-refractivity contribution in [2.24, 2.45) is 0 Å². The molecule has 1 unspecified atom stereocenters. The Morgan fingerprint density at radius 1 is 1.15 bits per heavy atom. The lowest BCUT2D eigenvalue weighted by Crippen LogP contribution is -2.61. The van der Waals surface area contributed by atoms with Crippen molar-refractivity contribution in [2.75, 3.05) is 0 Å². The van der Waals surface area contributed by atoms with Crippen LogP contribution in [0.25, 0.3) is 0 Å². The van der Waals surface area contributed by atoms with Gasteiger partial charge in [0.1, 0.15) is 24.0 Å². The van der Waals surface area contributed by atoms with Crippen LogP contribution in [0.5, 0.6) is 5.88 Å². The molecule has 0 radical (unpaired) electrons. The summed E-state index contributed by atoms with van der Waals surface area (Å²) in [5.74, 6) is -2.21. The molecule has 1 aliphatic heterocycles. The van der Waals surface area contributed by atoms with Gasteiger partial charge in [0.2, 0.25) is 12.2 Å². The van der Waals surface area contributed by atoms with Crippen molar-refractivity contribution in [1.29, 1.82) is 0 Å². The average Bonchev–Trinajstić information content (AvgIpc) is 3.16. The van der Waals surface area contributed by atoms with Crippen molar-refractivity contribution >= 4 is 17.7 Å². The molecule has 9 nitrogen and oxygen atoms in total. The number of ether oxygens (including phenoxy) is 2. The summed E-state index contributed by atoms with van der Waals surface area (Å²) in [6.07, 6.45) is -14.4. The molecule has 1 aliphatic rings. The van der Waals surface area contributed by atoms with Gasteiger partial charge in [-0.3, -0.25) is 5.10 Å². The number of alkyl halides is 3. The molecular formula is C21H25F3N2O7S. The third-order valence-electron chi connectivity index (χ3n) is 5.11. The highest BCUT2D eigenvalue weighted by molar-refractivity contribution is 7.99. The van der Waals surface area contributed by atoms with Crippen molar-refractivity contribution in [3.63, 3.8) is 0 Å². The number of H-pyrrole nitrogens is 1. The standard InChI is InChI=1S/C21H25F3N2O7S/c1-9(2)34-11-6-3-10(4-7-11)5-8-12-17(21(22,23)24)25-26-18(12)33-20-15(29)13(27)14(28)16(32-20)19(30)31/h3-4,6-7,9,13-16,20,27-29H,5,8H2,1-2H3,(H,25,26)(H,30,31)/t13-,14-,15+,16-,20?/m0/s1. The Labute approximate surface area is 196 Å². The number of benzene rings is 1. The third kappa shape index (κ3) is 6.02. The van der Waals surface area contributed by atoms with Crippen molar-refractivity contribution in [3.8, 4) is 5.88 Å². The smallest absolute Gasteiger partial charge is 0.433 e. The van der Waals surface area contributed by atoms with Crippen LogP contribution < -0.4 is 4.74 Å². The fourth-order valence-corrected chi connectivity index (χ4v) is 4.29. The summed E-state index contributed by atoms with van der Waals surface area (Å²) >= 11 is 1.65. The lowest BCUT2D eigenvalue weighted by Gasteiger charge is -2.38. The summed E-state index contributed by atoms with van der Waals surface area (Å²) in [7, 11) is 0. The highest BCUT2D eigenvalue weighted by atomic mass is 32.2. The van der Waals surface area contributed by atoms with Crippen LogP contribution in [0.3, 0.4) is 0 Å². The van der Waals surface area contributed by atoms with Crippen LogP contribution in [-0.4, -0.2) is 72.5 Å². The van der Waals surface area contributed by atoms with Gasteiger partial charge >= 0.3 is 12.1 Å². The van der Waals surface area contributed by atoms with Gasteiger partial charge < -0.3 is 29.9 Å². The number of halogens is 3. The van der Waals surface area contributed by atoms with Crippen molar-refractivity contribution in [2.45, 2.75) is 73.7 Å². The maximum atomic E-state index is 13.5.